The highest BCUT2D eigenvalue weighted by molar-refractivity contribution is 5.75. The molecule has 0 aliphatic heterocycles. The summed E-state index contributed by atoms with van der Waals surface area (Å²) in [4.78, 5) is 23.7. The van der Waals surface area contributed by atoms with E-state index in [1.165, 1.54) is 10.7 Å². The summed E-state index contributed by atoms with van der Waals surface area (Å²) in [6.45, 7) is 4.01. The minimum atomic E-state index is -0.290. The Kier molecular flexibility index (Phi) is 5.85. The van der Waals surface area contributed by atoms with Crippen molar-refractivity contribution in [3.05, 3.63) is 52.8 Å². The van der Waals surface area contributed by atoms with Gasteiger partial charge in [-0.25, -0.2) is 4.68 Å². The Morgan fingerprint density at radius 2 is 1.91 bits per heavy atom. The first-order chi connectivity index (χ1) is 10.7. The molecule has 1 heterocycles. The Morgan fingerprint density at radius 3 is 2.64 bits per heavy atom. The number of carbonyl (C=O) groups is 1. The maximum Gasteiger partial charge on any atom is 0.267 e. The third-order valence-corrected chi connectivity index (χ3v) is 3.10. The normalized spacial score (nSPS) is 10.4. The van der Waals surface area contributed by atoms with E-state index < -0.39 is 0 Å². The standard InChI is InChI=1S/C16H20N4O2/c1-2-17-10-11-18-15(21)12-20-16(22)9-8-14(19-20)13-6-4-3-5-7-13/h3-9,17H,2,10-12H2,1H3,(H,18,21). The molecular weight excluding hydrogens is 280 g/mol. The first kappa shape index (κ1) is 15.9. The van der Waals surface area contributed by atoms with E-state index in [0.29, 0.717) is 18.8 Å². The molecule has 0 atom stereocenters. The van der Waals surface area contributed by atoms with Crippen LogP contribution in [-0.2, 0) is 11.3 Å². The molecule has 22 heavy (non-hydrogen) atoms. The van der Waals surface area contributed by atoms with Crippen molar-refractivity contribution < 1.29 is 4.79 Å². The molecule has 6 heteroatoms. The van der Waals surface area contributed by atoms with Gasteiger partial charge in [-0.3, -0.25) is 9.59 Å². The molecule has 2 aromatic rings. The summed E-state index contributed by atoms with van der Waals surface area (Å²) in [5.74, 6) is -0.224. The molecule has 6 nitrogen and oxygen atoms in total. The van der Waals surface area contributed by atoms with Crippen LogP contribution in [0.3, 0.4) is 0 Å². The van der Waals surface area contributed by atoms with Crippen molar-refractivity contribution in [2.45, 2.75) is 13.5 Å². The highest BCUT2D eigenvalue weighted by atomic mass is 16.2. The van der Waals surface area contributed by atoms with Gasteiger partial charge in [0.15, 0.2) is 0 Å². The molecule has 0 spiro atoms. The van der Waals surface area contributed by atoms with Crippen LogP contribution in [0, 0.1) is 0 Å². The average Bonchev–Trinajstić information content (AvgIpc) is 2.54. The highest BCUT2D eigenvalue weighted by Crippen LogP contribution is 2.13. The minimum Gasteiger partial charge on any atom is -0.353 e. The fourth-order valence-corrected chi connectivity index (χ4v) is 1.98. The molecule has 116 valence electrons. The van der Waals surface area contributed by atoms with Crippen LogP contribution >= 0.6 is 0 Å². The lowest BCUT2D eigenvalue weighted by molar-refractivity contribution is -0.121. The molecule has 0 saturated heterocycles. The van der Waals surface area contributed by atoms with Gasteiger partial charge in [-0.1, -0.05) is 37.3 Å². The van der Waals surface area contributed by atoms with Crippen LogP contribution < -0.4 is 16.2 Å². The van der Waals surface area contributed by atoms with Crippen LogP contribution in [0.15, 0.2) is 47.3 Å². The summed E-state index contributed by atoms with van der Waals surface area (Å²) in [6, 6.07) is 12.6. The molecule has 0 aliphatic rings. The molecule has 1 aromatic heterocycles. The number of nitrogens with one attached hydrogen (secondary N) is 2. The van der Waals surface area contributed by atoms with Crippen LogP contribution in [0.4, 0.5) is 0 Å². The Balaban J connectivity index is 2.05. The Bertz CT molecular complexity index is 667. The molecule has 0 aliphatic carbocycles. The van der Waals surface area contributed by atoms with E-state index >= 15 is 0 Å². The number of amides is 1. The van der Waals surface area contributed by atoms with E-state index in [1.807, 2.05) is 37.3 Å². The quantitative estimate of drug-likeness (QED) is 0.736. The number of rotatable bonds is 7. The fraction of sp³-hybridized carbons (Fsp3) is 0.312. The van der Waals surface area contributed by atoms with E-state index in [2.05, 4.69) is 15.7 Å². The predicted molar refractivity (Wildman–Crippen MR) is 85.5 cm³/mol. The van der Waals surface area contributed by atoms with E-state index in [1.54, 1.807) is 6.07 Å². The zero-order valence-electron chi connectivity index (χ0n) is 12.6. The van der Waals surface area contributed by atoms with E-state index in [0.717, 1.165) is 12.1 Å². The monoisotopic (exact) mass is 300 g/mol. The van der Waals surface area contributed by atoms with Crippen molar-refractivity contribution in [1.82, 2.24) is 20.4 Å². The minimum absolute atomic E-state index is 0.0777. The van der Waals surface area contributed by atoms with Gasteiger partial charge in [0, 0.05) is 24.7 Å². The van der Waals surface area contributed by atoms with Crippen molar-refractivity contribution in [3.8, 4) is 11.3 Å². The van der Waals surface area contributed by atoms with Crippen LogP contribution in [0.2, 0.25) is 0 Å². The summed E-state index contributed by atoms with van der Waals surface area (Å²) in [5.41, 5.74) is 1.28. The smallest absolute Gasteiger partial charge is 0.267 e. The van der Waals surface area contributed by atoms with Gasteiger partial charge in [-0.15, -0.1) is 0 Å². The second-order valence-electron chi connectivity index (χ2n) is 4.78. The maximum atomic E-state index is 11.8. The summed E-state index contributed by atoms with van der Waals surface area (Å²) in [6.07, 6.45) is 0. The Labute approximate surface area is 129 Å². The third kappa shape index (κ3) is 4.53. The molecule has 0 radical (unpaired) electrons. The van der Waals surface area contributed by atoms with Crippen LogP contribution in [0.25, 0.3) is 11.3 Å². The molecule has 2 rings (SSSR count). The maximum absolute atomic E-state index is 11.8. The van der Waals surface area contributed by atoms with Gasteiger partial charge in [0.2, 0.25) is 5.91 Å². The highest BCUT2D eigenvalue weighted by Gasteiger charge is 2.07. The molecular formula is C16H20N4O2. The van der Waals surface area contributed by atoms with Gasteiger partial charge in [0.05, 0.1) is 5.69 Å². The number of hydrogen-bond donors (Lipinski definition) is 2. The van der Waals surface area contributed by atoms with Crippen molar-refractivity contribution in [3.63, 3.8) is 0 Å². The zero-order valence-corrected chi connectivity index (χ0v) is 12.6. The first-order valence-corrected chi connectivity index (χ1v) is 7.31. The topological polar surface area (TPSA) is 76.0 Å². The molecule has 0 saturated carbocycles. The lowest BCUT2D eigenvalue weighted by Crippen LogP contribution is -2.36. The molecule has 1 amide bonds. The van der Waals surface area contributed by atoms with Gasteiger partial charge in [0.25, 0.3) is 5.56 Å². The van der Waals surface area contributed by atoms with Crippen molar-refractivity contribution in [2.24, 2.45) is 0 Å². The predicted octanol–water partition coefficient (Wildman–Crippen LogP) is 0.636. The molecule has 1 aromatic carbocycles. The lowest BCUT2D eigenvalue weighted by Gasteiger charge is -2.08. The van der Waals surface area contributed by atoms with Crippen LogP contribution in [0.5, 0.6) is 0 Å². The Hall–Kier alpha value is -2.47. The number of nitrogens with zero attached hydrogens (tertiary/aromatic N) is 2. The first-order valence-electron chi connectivity index (χ1n) is 7.31. The number of hydrogen-bond acceptors (Lipinski definition) is 4. The number of benzene rings is 1. The van der Waals surface area contributed by atoms with Crippen LogP contribution in [-0.4, -0.2) is 35.3 Å². The lowest BCUT2D eigenvalue weighted by atomic mass is 10.1. The van der Waals surface area contributed by atoms with Gasteiger partial charge >= 0.3 is 0 Å². The zero-order chi connectivity index (χ0) is 15.8. The van der Waals surface area contributed by atoms with Crippen molar-refractivity contribution >= 4 is 5.91 Å². The van der Waals surface area contributed by atoms with E-state index in [-0.39, 0.29) is 18.0 Å². The van der Waals surface area contributed by atoms with E-state index in [4.69, 9.17) is 0 Å². The van der Waals surface area contributed by atoms with Gasteiger partial charge < -0.3 is 10.6 Å². The third-order valence-electron chi connectivity index (χ3n) is 3.10. The van der Waals surface area contributed by atoms with Gasteiger partial charge in [0.1, 0.15) is 6.54 Å². The molecule has 2 N–H and O–H groups in total. The van der Waals surface area contributed by atoms with Crippen molar-refractivity contribution in [1.29, 1.82) is 0 Å². The van der Waals surface area contributed by atoms with Crippen LogP contribution in [0.1, 0.15) is 6.92 Å². The molecule has 0 unspecified atom stereocenters. The second kappa shape index (κ2) is 8.09. The second-order valence-corrected chi connectivity index (χ2v) is 4.78. The summed E-state index contributed by atoms with van der Waals surface area (Å²) < 4.78 is 1.19. The van der Waals surface area contributed by atoms with Crippen molar-refractivity contribution in [2.75, 3.05) is 19.6 Å². The largest absolute Gasteiger partial charge is 0.353 e. The Morgan fingerprint density at radius 1 is 1.14 bits per heavy atom. The molecule has 0 fully saturated rings. The number of carbonyl (C=O) groups excluding carboxylic acids is 1. The van der Waals surface area contributed by atoms with Gasteiger partial charge in [-0.05, 0) is 12.6 Å². The fourth-order valence-electron chi connectivity index (χ4n) is 1.98. The SMILES string of the molecule is CCNCCNC(=O)Cn1nc(-c2ccccc2)ccc1=O. The average molecular weight is 300 g/mol. The number of aromatic nitrogens is 2. The summed E-state index contributed by atoms with van der Waals surface area (Å²) >= 11 is 0. The summed E-state index contributed by atoms with van der Waals surface area (Å²) in [5, 5.41) is 10.1. The molecule has 0 bridgehead atoms. The number of likely N-dealkylation sites (N-methyl/N-ethyl adjacent to an activating group) is 1. The van der Waals surface area contributed by atoms with E-state index in [9.17, 15) is 9.59 Å². The summed E-state index contributed by atoms with van der Waals surface area (Å²) in [7, 11) is 0. The van der Waals surface area contributed by atoms with Gasteiger partial charge in [-0.2, -0.15) is 5.10 Å².